The SMILES string of the molecule is C=Cc1cc(OC)c2c(c1)c(=O)oc1c2cc(OC)c2c(O)ccc([C@@H]3O[C@@H](C)[C@H](OC(C)=O)[C@H]([NH+](C)C)[C@H]3O)c21. The Hall–Kier alpha value is -4.12. The Kier molecular flexibility index (Phi) is 7.41. The topological polar surface area (TPSA) is 129 Å². The second kappa shape index (κ2) is 10.7. The number of carbonyl (C=O) groups excluding carboxylic acids is 1. The van der Waals surface area contributed by atoms with Gasteiger partial charge in [-0.15, -0.1) is 0 Å². The van der Waals surface area contributed by atoms with Crippen molar-refractivity contribution in [1.29, 1.82) is 0 Å². The van der Waals surface area contributed by atoms with E-state index in [1.54, 1.807) is 37.3 Å². The van der Waals surface area contributed by atoms with Crippen LogP contribution in [0.4, 0.5) is 0 Å². The van der Waals surface area contributed by atoms with Crippen molar-refractivity contribution in [2.24, 2.45) is 0 Å². The van der Waals surface area contributed by atoms with Crippen LogP contribution in [0.1, 0.15) is 31.1 Å². The third-order valence-electron chi connectivity index (χ3n) is 7.82. The number of esters is 1. The standard InChI is InChI=1S/C31H33NO9/c1-8-16-11-19-23(21(12-16)37-6)18-13-22(38-7)25-20(34)10-9-17(24(25)29(18)41-31(19)36)30-27(35)26(32(4)5)28(14(2)39-30)40-15(3)33/h8-14,26-28,30,34-35H,1H2,2-7H3/p+1/t14-,26+,27+,28-,30-/m0/s1. The van der Waals surface area contributed by atoms with E-state index < -0.39 is 42.1 Å². The number of ether oxygens (including phenoxy) is 4. The molecule has 1 saturated heterocycles. The Morgan fingerprint density at radius 2 is 1.73 bits per heavy atom. The molecule has 3 N–H and O–H groups in total. The molecule has 0 radical (unpaired) electrons. The number of hydrogen-bond donors (Lipinski definition) is 3. The monoisotopic (exact) mass is 564 g/mol. The van der Waals surface area contributed by atoms with Crippen molar-refractivity contribution in [1.82, 2.24) is 0 Å². The van der Waals surface area contributed by atoms with Gasteiger partial charge in [0.1, 0.15) is 35.0 Å². The molecule has 2 heterocycles. The number of nitrogens with one attached hydrogen (secondary N) is 1. The zero-order chi connectivity index (χ0) is 29.7. The summed E-state index contributed by atoms with van der Waals surface area (Å²) in [6.45, 7) is 6.89. The number of quaternary nitrogens is 1. The Labute approximate surface area is 236 Å². The minimum Gasteiger partial charge on any atom is -0.507 e. The highest BCUT2D eigenvalue weighted by molar-refractivity contribution is 6.19. The summed E-state index contributed by atoms with van der Waals surface area (Å²) in [7, 11) is 6.71. The van der Waals surface area contributed by atoms with E-state index in [1.165, 1.54) is 27.2 Å². The number of aromatic hydroxyl groups is 1. The molecule has 3 aromatic carbocycles. The number of aliphatic hydroxyl groups excluding tert-OH is 1. The first-order valence-electron chi connectivity index (χ1n) is 13.3. The fraction of sp³-hybridized carbons (Fsp3) is 0.355. The van der Waals surface area contributed by atoms with Gasteiger partial charge in [-0.2, -0.15) is 0 Å². The number of likely N-dealkylation sites (N-methyl/N-ethyl adjacent to an activating group) is 1. The van der Waals surface area contributed by atoms with Crippen LogP contribution in [-0.4, -0.2) is 68.9 Å². The van der Waals surface area contributed by atoms with E-state index in [2.05, 4.69) is 6.58 Å². The van der Waals surface area contributed by atoms with Gasteiger partial charge in [0, 0.05) is 23.1 Å². The lowest BCUT2D eigenvalue weighted by Crippen LogP contribution is -3.14. The largest absolute Gasteiger partial charge is 0.507 e. The van der Waals surface area contributed by atoms with Gasteiger partial charge in [0.25, 0.3) is 0 Å². The minimum absolute atomic E-state index is 0.106. The second-order valence-corrected chi connectivity index (χ2v) is 10.5. The maximum atomic E-state index is 13.4. The number of fused-ring (bicyclic) bond motifs is 5. The third kappa shape index (κ3) is 4.57. The van der Waals surface area contributed by atoms with Crippen LogP contribution in [-0.2, 0) is 14.3 Å². The van der Waals surface area contributed by atoms with Crippen LogP contribution in [0.25, 0.3) is 38.6 Å². The van der Waals surface area contributed by atoms with Crippen molar-refractivity contribution in [2.75, 3.05) is 28.3 Å². The Morgan fingerprint density at radius 1 is 1.05 bits per heavy atom. The van der Waals surface area contributed by atoms with Gasteiger partial charge in [-0.1, -0.05) is 18.7 Å². The first-order valence-corrected chi connectivity index (χ1v) is 13.3. The summed E-state index contributed by atoms with van der Waals surface area (Å²) in [5, 5.41) is 24.7. The molecule has 0 aliphatic carbocycles. The molecule has 10 nitrogen and oxygen atoms in total. The Morgan fingerprint density at radius 3 is 2.34 bits per heavy atom. The fourth-order valence-electron chi connectivity index (χ4n) is 6.05. The van der Waals surface area contributed by atoms with E-state index in [9.17, 15) is 19.8 Å². The highest BCUT2D eigenvalue weighted by Crippen LogP contribution is 2.47. The van der Waals surface area contributed by atoms with Gasteiger partial charge in [-0.3, -0.25) is 4.79 Å². The molecule has 1 fully saturated rings. The van der Waals surface area contributed by atoms with Crippen molar-refractivity contribution in [3.63, 3.8) is 0 Å². The molecule has 216 valence electrons. The molecule has 41 heavy (non-hydrogen) atoms. The lowest BCUT2D eigenvalue weighted by atomic mass is 9.86. The molecule has 10 heteroatoms. The Bertz CT molecular complexity index is 1740. The summed E-state index contributed by atoms with van der Waals surface area (Å²) in [4.78, 5) is 26.2. The summed E-state index contributed by atoms with van der Waals surface area (Å²) in [6, 6.07) is 7.70. The predicted molar refractivity (Wildman–Crippen MR) is 154 cm³/mol. The van der Waals surface area contributed by atoms with E-state index in [-0.39, 0.29) is 16.7 Å². The van der Waals surface area contributed by atoms with Gasteiger partial charge in [-0.25, -0.2) is 4.79 Å². The highest BCUT2D eigenvalue weighted by Gasteiger charge is 2.50. The third-order valence-corrected chi connectivity index (χ3v) is 7.82. The van der Waals surface area contributed by atoms with Gasteiger partial charge >= 0.3 is 11.6 Å². The van der Waals surface area contributed by atoms with E-state index in [4.69, 9.17) is 23.4 Å². The van der Waals surface area contributed by atoms with E-state index in [0.29, 0.717) is 44.2 Å². The molecule has 0 unspecified atom stereocenters. The Balaban J connectivity index is 1.88. The average Bonchev–Trinajstić information content (AvgIpc) is 2.94. The van der Waals surface area contributed by atoms with Gasteiger partial charge in [-0.05, 0) is 42.3 Å². The molecule has 1 aliphatic heterocycles. The number of methoxy groups -OCH3 is 2. The quantitative estimate of drug-likeness (QED) is 0.184. The van der Waals surface area contributed by atoms with Crippen LogP contribution in [0.5, 0.6) is 17.2 Å². The molecule has 0 saturated carbocycles. The minimum atomic E-state index is -1.13. The number of hydrogen-bond acceptors (Lipinski definition) is 9. The van der Waals surface area contributed by atoms with Gasteiger partial charge in [0.05, 0.1) is 45.2 Å². The normalized spacial score (nSPS) is 22.8. The van der Waals surface area contributed by atoms with Crippen molar-refractivity contribution >= 4 is 44.6 Å². The van der Waals surface area contributed by atoms with Crippen molar-refractivity contribution in [3.8, 4) is 17.2 Å². The molecule has 1 aromatic heterocycles. The second-order valence-electron chi connectivity index (χ2n) is 10.5. The number of phenolic OH excluding ortho intramolecular Hbond substituents is 1. The van der Waals surface area contributed by atoms with Crippen LogP contribution in [0.2, 0.25) is 0 Å². The van der Waals surface area contributed by atoms with Crippen LogP contribution >= 0.6 is 0 Å². The van der Waals surface area contributed by atoms with Crippen molar-refractivity contribution < 1.29 is 43.3 Å². The fourth-order valence-corrected chi connectivity index (χ4v) is 6.05. The van der Waals surface area contributed by atoms with E-state index >= 15 is 0 Å². The first-order chi connectivity index (χ1) is 19.5. The molecule has 0 spiro atoms. The smallest absolute Gasteiger partial charge is 0.344 e. The molecule has 4 aromatic rings. The number of aliphatic hydroxyl groups is 1. The van der Waals surface area contributed by atoms with E-state index in [1.807, 2.05) is 14.1 Å². The number of carbonyl (C=O) groups is 1. The molecular formula is C31H34NO9+. The average molecular weight is 565 g/mol. The molecule has 1 aliphatic rings. The van der Waals surface area contributed by atoms with E-state index in [0.717, 1.165) is 4.90 Å². The maximum Gasteiger partial charge on any atom is 0.344 e. The van der Waals surface area contributed by atoms with Crippen LogP contribution in [0.3, 0.4) is 0 Å². The predicted octanol–water partition coefficient (Wildman–Crippen LogP) is 2.73. The molecule has 0 amide bonds. The first kappa shape index (κ1) is 28.4. The summed E-state index contributed by atoms with van der Waals surface area (Å²) in [5.41, 5.74) is 0.713. The zero-order valence-corrected chi connectivity index (χ0v) is 23.8. The number of phenols is 1. The van der Waals surface area contributed by atoms with Gasteiger partial charge in [0.2, 0.25) is 0 Å². The molecule has 5 rings (SSSR count). The van der Waals surface area contributed by atoms with Crippen LogP contribution in [0.15, 0.2) is 46.1 Å². The molecule has 0 bridgehead atoms. The van der Waals surface area contributed by atoms with Crippen LogP contribution in [0, 0.1) is 0 Å². The number of benzene rings is 3. The maximum absolute atomic E-state index is 13.4. The molecule has 5 atom stereocenters. The lowest BCUT2D eigenvalue weighted by molar-refractivity contribution is -0.897. The summed E-state index contributed by atoms with van der Waals surface area (Å²) in [6.07, 6.45) is -1.74. The molecular weight excluding hydrogens is 530 g/mol. The van der Waals surface area contributed by atoms with Crippen molar-refractivity contribution in [2.45, 2.75) is 44.3 Å². The number of rotatable bonds is 6. The lowest BCUT2D eigenvalue weighted by Gasteiger charge is -2.44. The summed E-state index contributed by atoms with van der Waals surface area (Å²) in [5.74, 6) is 0.171. The summed E-state index contributed by atoms with van der Waals surface area (Å²) < 4.78 is 29.3. The zero-order valence-electron chi connectivity index (χ0n) is 23.8. The summed E-state index contributed by atoms with van der Waals surface area (Å²) >= 11 is 0. The van der Waals surface area contributed by atoms with Gasteiger partial charge in [0.15, 0.2) is 12.1 Å². The van der Waals surface area contributed by atoms with Gasteiger partial charge < -0.3 is 38.5 Å². The van der Waals surface area contributed by atoms with Crippen molar-refractivity contribution in [3.05, 3.63) is 58.5 Å². The highest BCUT2D eigenvalue weighted by atomic mass is 16.6. The van der Waals surface area contributed by atoms with Crippen LogP contribution < -0.4 is 20.0 Å².